The maximum Gasteiger partial charge on any atom is 0.0489 e. The van der Waals surface area contributed by atoms with E-state index in [1.54, 1.807) is 0 Å². The van der Waals surface area contributed by atoms with Crippen molar-refractivity contribution in [2.24, 2.45) is 0 Å². The van der Waals surface area contributed by atoms with Crippen molar-refractivity contribution in [3.63, 3.8) is 0 Å². The highest BCUT2D eigenvalue weighted by atomic mass is 35.5. The van der Waals surface area contributed by atoms with E-state index in [1.165, 1.54) is 51.5 Å². The van der Waals surface area contributed by atoms with Gasteiger partial charge in [-0.2, -0.15) is 0 Å². The third-order valence-corrected chi connectivity index (χ3v) is 4.57. The lowest BCUT2D eigenvalue weighted by atomic mass is 9.90. The molecule has 2 unspecified atom stereocenters. The smallest absolute Gasteiger partial charge is 0.0489 e. The lowest BCUT2D eigenvalue weighted by molar-refractivity contribution is 0.0845. The molecule has 1 saturated carbocycles. The Labute approximate surface area is 92.8 Å². The maximum atomic E-state index is 6.34. The first kappa shape index (κ1) is 10.8. The number of nitrogens with zero attached hydrogens (tertiary/aromatic N) is 1. The van der Waals surface area contributed by atoms with Crippen molar-refractivity contribution in [3.05, 3.63) is 0 Å². The molecular weight excluding hydrogens is 194 g/mol. The third kappa shape index (κ3) is 2.25. The molecule has 14 heavy (non-hydrogen) atoms. The summed E-state index contributed by atoms with van der Waals surface area (Å²) in [5.41, 5.74) is 0. The monoisotopic (exact) mass is 215 g/mol. The highest BCUT2D eigenvalue weighted by Crippen LogP contribution is 2.30. The summed E-state index contributed by atoms with van der Waals surface area (Å²) in [4.78, 5) is 2.68. The van der Waals surface area contributed by atoms with E-state index in [-0.39, 0.29) is 0 Å². The fraction of sp³-hybridized carbons (Fsp3) is 1.00. The van der Waals surface area contributed by atoms with E-state index in [0.29, 0.717) is 11.4 Å². The lowest BCUT2D eigenvalue weighted by Crippen LogP contribution is -2.50. The van der Waals surface area contributed by atoms with Crippen LogP contribution < -0.4 is 0 Å². The third-order valence-electron chi connectivity index (χ3n) is 3.99. The van der Waals surface area contributed by atoms with Crippen molar-refractivity contribution < 1.29 is 0 Å². The zero-order valence-electron chi connectivity index (χ0n) is 9.21. The molecule has 0 N–H and O–H groups in total. The molecule has 0 bridgehead atoms. The SMILES string of the molecule is CC1C(Cl)CCCN1C1CCCCC1. The van der Waals surface area contributed by atoms with Crippen LogP contribution in [-0.4, -0.2) is 28.9 Å². The van der Waals surface area contributed by atoms with Gasteiger partial charge in [-0.25, -0.2) is 0 Å². The first-order valence-electron chi connectivity index (χ1n) is 6.19. The van der Waals surface area contributed by atoms with Crippen LogP contribution in [0.5, 0.6) is 0 Å². The molecule has 2 fully saturated rings. The summed E-state index contributed by atoms with van der Waals surface area (Å²) >= 11 is 6.34. The van der Waals surface area contributed by atoms with Crippen LogP contribution in [0, 0.1) is 0 Å². The molecule has 82 valence electrons. The molecular formula is C12H22ClN. The van der Waals surface area contributed by atoms with Crippen molar-refractivity contribution in [1.29, 1.82) is 0 Å². The predicted octanol–water partition coefficient (Wildman–Crippen LogP) is 3.41. The number of likely N-dealkylation sites (tertiary alicyclic amines) is 1. The van der Waals surface area contributed by atoms with Crippen LogP contribution in [0.1, 0.15) is 51.9 Å². The Kier molecular flexibility index (Phi) is 3.73. The van der Waals surface area contributed by atoms with E-state index in [9.17, 15) is 0 Å². The summed E-state index contributed by atoms with van der Waals surface area (Å²) in [5.74, 6) is 0. The summed E-state index contributed by atoms with van der Waals surface area (Å²) in [5, 5.41) is 0.394. The second kappa shape index (κ2) is 4.85. The van der Waals surface area contributed by atoms with Crippen molar-refractivity contribution >= 4 is 11.6 Å². The molecule has 1 heterocycles. The summed E-state index contributed by atoms with van der Waals surface area (Å²) in [6.45, 7) is 3.60. The van der Waals surface area contributed by atoms with Gasteiger partial charge in [-0.1, -0.05) is 19.3 Å². The van der Waals surface area contributed by atoms with E-state index in [1.807, 2.05) is 0 Å². The van der Waals surface area contributed by atoms with Gasteiger partial charge in [-0.15, -0.1) is 11.6 Å². The Morgan fingerprint density at radius 1 is 1.00 bits per heavy atom. The first-order valence-corrected chi connectivity index (χ1v) is 6.62. The molecule has 0 aromatic rings. The zero-order valence-corrected chi connectivity index (χ0v) is 9.97. The largest absolute Gasteiger partial charge is 0.296 e. The normalized spacial score (nSPS) is 37.3. The molecule has 0 amide bonds. The summed E-state index contributed by atoms with van der Waals surface area (Å²) in [7, 11) is 0. The lowest BCUT2D eigenvalue weighted by Gasteiger charge is -2.43. The number of piperidine rings is 1. The average Bonchev–Trinajstić information content (AvgIpc) is 2.23. The number of hydrogen-bond acceptors (Lipinski definition) is 1. The molecule has 0 radical (unpaired) electrons. The second-order valence-corrected chi connectivity index (χ2v) is 5.49. The van der Waals surface area contributed by atoms with Crippen molar-refractivity contribution in [3.8, 4) is 0 Å². The molecule has 2 atom stereocenters. The van der Waals surface area contributed by atoms with E-state index >= 15 is 0 Å². The molecule has 1 aliphatic carbocycles. The van der Waals surface area contributed by atoms with Crippen LogP contribution >= 0.6 is 11.6 Å². The fourth-order valence-electron chi connectivity index (χ4n) is 3.05. The van der Waals surface area contributed by atoms with Gasteiger partial charge in [0.2, 0.25) is 0 Å². The topological polar surface area (TPSA) is 3.24 Å². The zero-order chi connectivity index (χ0) is 9.97. The molecule has 1 nitrogen and oxygen atoms in total. The van der Waals surface area contributed by atoms with Crippen molar-refractivity contribution in [2.75, 3.05) is 6.54 Å². The predicted molar refractivity (Wildman–Crippen MR) is 61.9 cm³/mol. The van der Waals surface area contributed by atoms with Gasteiger partial charge < -0.3 is 0 Å². The highest BCUT2D eigenvalue weighted by Gasteiger charge is 2.31. The van der Waals surface area contributed by atoms with Crippen LogP contribution in [0.3, 0.4) is 0 Å². The number of alkyl halides is 1. The van der Waals surface area contributed by atoms with E-state index in [4.69, 9.17) is 11.6 Å². The van der Waals surface area contributed by atoms with Gasteiger partial charge in [0.1, 0.15) is 0 Å². The van der Waals surface area contributed by atoms with Crippen LogP contribution in [0.2, 0.25) is 0 Å². The van der Waals surface area contributed by atoms with Crippen LogP contribution in [0.25, 0.3) is 0 Å². The molecule has 0 aromatic carbocycles. The molecule has 0 spiro atoms. The fourth-order valence-corrected chi connectivity index (χ4v) is 3.35. The average molecular weight is 216 g/mol. The van der Waals surface area contributed by atoms with Crippen LogP contribution in [0.4, 0.5) is 0 Å². The molecule has 2 heteroatoms. The van der Waals surface area contributed by atoms with Gasteiger partial charge in [-0.3, -0.25) is 4.90 Å². The van der Waals surface area contributed by atoms with Crippen molar-refractivity contribution in [2.45, 2.75) is 69.3 Å². The minimum atomic E-state index is 0.394. The van der Waals surface area contributed by atoms with Gasteiger partial charge in [0.05, 0.1) is 0 Å². The Balaban J connectivity index is 1.93. The Morgan fingerprint density at radius 3 is 2.43 bits per heavy atom. The maximum absolute atomic E-state index is 6.34. The first-order chi connectivity index (χ1) is 6.79. The summed E-state index contributed by atoms with van der Waals surface area (Å²) < 4.78 is 0. The highest BCUT2D eigenvalue weighted by molar-refractivity contribution is 6.21. The van der Waals surface area contributed by atoms with Crippen molar-refractivity contribution in [1.82, 2.24) is 4.90 Å². The van der Waals surface area contributed by atoms with Crippen LogP contribution in [0.15, 0.2) is 0 Å². The number of halogens is 1. The van der Waals surface area contributed by atoms with Gasteiger partial charge in [0.15, 0.2) is 0 Å². The van der Waals surface area contributed by atoms with Gasteiger partial charge >= 0.3 is 0 Å². The molecule has 1 saturated heterocycles. The van der Waals surface area contributed by atoms with Gasteiger partial charge in [0, 0.05) is 17.5 Å². The van der Waals surface area contributed by atoms with E-state index < -0.39 is 0 Å². The summed E-state index contributed by atoms with van der Waals surface area (Å²) in [6.07, 6.45) is 9.65. The van der Waals surface area contributed by atoms with Gasteiger partial charge in [-0.05, 0) is 39.2 Å². The Bertz CT molecular complexity index is 177. The number of rotatable bonds is 1. The minimum Gasteiger partial charge on any atom is -0.296 e. The Morgan fingerprint density at radius 2 is 1.71 bits per heavy atom. The summed E-state index contributed by atoms with van der Waals surface area (Å²) in [6, 6.07) is 1.45. The van der Waals surface area contributed by atoms with Gasteiger partial charge in [0.25, 0.3) is 0 Å². The molecule has 2 aliphatic rings. The van der Waals surface area contributed by atoms with Crippen LogP contribution in [-0.2, 0) is 0 Å². The minimum absolute atomic E-state index is 0.394. The quantitative estimate of drug-likeness (QED) is 0.606. The Hall–Kier alpha value is 0.250. The molecule has 0 aromatic heterocycles. The molecule has 1 aliphatic heterocycles. The van der Waals surface area contributed by atoms with E-state index in [0.717, 1.165) is 6.04 Å². The molecule has 2 rings (SSSR count). The number of hydrogen-bond donors (Lipinski definition) is 0. The second-order valence-electron chi connectivity index (χ2n) is 4.93. The standard InChI is InChI=1S/C12H22ClN/c1-10-12(13)8-5-9-14(10)11-6-3-2-4-7-11/h10-12H,2-9H2,1H3. The van der Waals surface area contributed by atoms with E-state index in [2.05, 4.69) is 11.8 Å².